The summed E-state index contributed by atoms with van der Waals surface area (Å²) in [4.78, 5) is 35.0. The van der Waals surface area contributed by atoms with Crippen molar-refractivity contribution in [1.82, 2.24) is 0 Å². The molecule has 12 nitrogen and oxygen atoms in total. The summed E-state index contributed by atoms with van der Waals surface area (Å²) < 4.78 is 32.6. The zero-order valence-corrected chi connectivity index (χ0v) is 35.0. The van der Waals surface area contributed by atoms with Crippen LogP contribution in [0.25, 0.3) is 0 Å². The highest BCUT2D eigenvalue weighted by Crippen LogP contribution is 2.43. The first-order valence-electron chi connectivity index (χ1n) is 21.2. The molecule has 54 heavy (non-hydrogen) atoms. The molecular formula is C41H79O12P. The molecule has 0 aromatic heterocycles. The van der Waals surface area contributed by atoms with Crippen molar-refractivity contribution in [1.29, 1.82) is 0 Å². The van der Waals surface area contributed by atoms with Gasteiger partial charge in [0.2, 0.25) is 0 Å². The minimum atomic E-state index is -4.65. The number of carbonyl (C=O) groups excluding carboxylic acids is 2. The van der Waals surface area contributed by atoms with Crippen LogP contribution in [0.3, 0.4) is 0 Å². The van der Waals surface area contributed by atoms with E-state index in [2.05, 4.69) is 31.4 Å². The third kappa shape index (κ3) is 35.1. The summed E-state index contributed by atoms with van der Waals surface area (Å²) in [6, 6.07) is 0. The van der Waals surface area contributed by atoms with Gasteiger partial charge in [0.15, 0.2) is 6.10 Å². The summed E-state index contributed by atoms with van der Waals surface area (Å²) in [6.07, 6.45) is 23.5. The number of hydrogen-bond acceptors (Lipinski definition) is 11. The number of allylic oxidation sites excluding steroid dienone is 1. The second kappa shape index (κ2) is 36.0. The van der Waals surface area contributed by atoms with Crippen LogP contribution < -0.4 is 0 Å². The SMILES string of the molecule is CCCCC/C=C\C[C@H](O)[C@@H](O)CCCCCCCC(=O)O[C@H](COC(=O)CCCCCCCCCCCCCC(C)C)COP(=O)(O)OC[C@@H](O)CO. The van der Waals surface area contributed by atoms with Crippen LogP contribution >= 0.6 is 7.82 Å². The van der Waals surface area contributed by atoms with Gasteiger partial charge in [0.1, 0.15) is 12.7 Å². The van der Waals surface area contributed by atoms with E-state index >= 15 is 0 Å². The number of carbonyl (C=O) groups is 2. The van der Waals surface area contributed by atoms with Crippen LogP contribution in [0.4, 0.5) is 0 Å². The minimum absolute atomic E-state index is 0.0879. The van der Waals surface area contributed by atoms with Crippen molar-refractivity contribution in [2.75, 3.05) is 26.4 Å². The van der Waals surface area contributed by atoms with Crippen LogP contribution in [0.15, 0.2) is 12.2 Å². The molecule has 0 spiro atoms. The number of phosphoric acid groups is 1. The quantitative estimate of drug-likeness (QED) is 0.0173. The molecule has 5 atom stereocenters. The van der Waals surface area contributed by atoms with E-state index in [4.69, 9.17) is 19.1 Å². The number of aliphatic hydroxyl groups is 4. The highest BCUT2D eigenvalue weighted by molar-refractivity contribution is 7.47. The van der Waals surface area contributed by atoms with E-state index in [0.717, 1.165) is 63.7 Å². The fourth-order valence-electron chi connectivity index (χ4n) is 5.85. The Kier molecular flexibility index (Phi) is 35.1. The molecule has 0 amide bonds. The van der Waals surface area contributed by atoms with E-state index in [9.17, 15) is 34.4 Å². The molecule has 1 unspecified atom stereocenters. The Hall–Kier alpha value is -1.37. The van der Waals surface area contributed by atoms with E-state index in [1.54, 1.807) is 0 Å². The van der Waals surface area contributed by atoms with Crippen LogP contribution in [0, 0.1) is 5.92 Å². The monoisotopic (exact) mass is 795 g/mol. The van der Waals surface area contributed by atoms with Gasteiger partial charge in [-0.25, -0.2) is 4.57 Å². The first-order chi connectivity index (χ1) is 25.9. The van der Waals surface area contributed by atoms with Crippen molar-refractivity contribution in [3.63, 3.8) is 0 Å². The van der Waals surface area contributed by atoms with Gasteiger partial charge in [-0.05, 0) is 44.4 Å². The molecular weight excluding hydrogens is 715 g/mol. The maximum atomic E-state index is 12.6. The molecule has 0 fully saturated rings. The van der Waals surface area contributed by atoms with E-state index in [1.165, 1.54) is 64.2 Å². The molecule has 0 radical (unpaired) electrons. The molecule has 0 aliphatic rings. The standard InChI is InChI=1S/C41H79O12P/c1-4-5-6-7-17-22-27-38(44)39(45)28-23-18-15-20-25-30-41(47)53-37(34-52-54(48,49)51-32-36(43)31-42)33-50-40(46)29-24-19-14-12-10-8-9-11-13-16-21-26-35(2)3/h17,22,35-39,42-45H,4-16,18-21,23-34H2,1-3H3,(H,48,49)/b22-17-/t36-,37+,38-,39-/m0/s1. The summed E-state index contributed by atoms with van der Waals surface area (Å²) in [7, 11) is -4.65. The molecule has 0 bridgehead atoms. The van der Waals surface area contributed by atoms with Crippen molar-refractivity contribution in [2.24, 2.45) is 5.92 Å². The van der Waals surface area contributed by atoms with E-state index in [0.29, 0.717) is 25.7 Å². The lowest BCUT2D eigenvalue weighted by atomic mass is 10.0. The molecule has 0 aliphatic carbocycles. The molecule has 13 heteroatoms. The number of ether oxygens (including phenoxy) is 2. The van der Waals surface area contributed by atoms with Crippen molar-refractivity contribution < 1.29 is 58.0 Å². The summed E-state index contributed by atoms with van der Waals surface area (Å²) in [5, 5.41) is 38.7. The van der Waals surface area contributed by atoms with Gasteiger partial charge in [-0.15, -0.1) is 0 Å². The maximum absolute atomic E-state index is 12.6. The predicted octanol–water partition coefficient (Wildman–Crippen LogP) is 8.63. The van der Waals surface area contributed by atoms with E-state index in [1.807, 2.05) is 6.08 Å². The summed E-state index contributed by atoms with van der Waals surface area (Å²) in [5.74, 6) is -0.241. The van der Waals surface area contributed by atoms with Crippen LogP contribution in [0.5, 0.6) is 0 Å². The third-order valence-electron chi connectivity index (χ3n) is 9.30. The number of phosphoric ester groups is 1. The second-order valence-electron chi connectivity index (χ2n) is 15.2. The highest BCUT2D eigenvalue weighted by Gasteiger charge is 2.27. The van der Waals surface area contributed by atoms with Crippen molar-refractivity contribution in [3.05, 3.63) is 12.2 Å². The van der Waals surface area contributed by atoms with Crippen LogP contribution in [0.1, 0.15) is 181 Å². The zero-order valence-electron chi connectivity index (χ0n) is 34.1. The Morgan fingerprint density at radius 3 is 1.70 bits per heavy atom. The normalized spacial score (nSPS) is 15.3. The number of esters is 2. The topological polar surface area (TPSA) is 189 Å². The van der Waals surface area contributed by atoms with E-state index in [-0.39, 0.29) is 19.4 Å². The fourth-order valence-corrected chi connectivity index (χ4v) is 6.64. The number of unbranched alkanes of at least 4 members (excludes halogenated alkanes) is 17. The van der Waals surface area contributed by atoms with Crippen molar-refractivity contribution >= 4 is 19.8 Å². The molecule has 0 saturated heterocycles. The molecule has 0 saturated carbocycles. The lowest BCUT2D eigenvalue weighted by Gasteiger charge is -2.20. The number of aliphatic hydroxyl groups excluding tert-OH is 4. The Labute approximate surface area is 327 Å². The largest absolute Gasteiger partial charge is 0.472 e. The summed E-state index contributed by atoms with van der Waals surface area (Å²) in [6.45, 7) is 4.46. The smallest absolute Gasteiger partial charge is 0.462 e. The molecule has 0 aromatic rings. The first kappa shape index (κ1) is 52.6. The molecule has 0 rings (SSSR count). The number of rotatable bonds is 39. The first-order valence-corrected chi connectivity index (χ1v) is 22.7. The molecule has 0 heterocycles. The Balaban J connectivity index is 4.43. The zero-order chi connectivity index (χ0) is 40.3. The predicted molar refractivity (Wildman–Crippen MR) is 213 cm³/mol. The van der Waals surface area contributed by atoms with Gasteiger partial charge in [-0.1, -0.05) is 142 Å². The maximum Gasteiger partial charge on any atom is 0.472 e. The van der Waals surface area contributed by atoms with Gasteiger partial charge in [0.25, 0.3) is 0 Å². The Bertz CT molecular complexity index is 962. The Morgan fingerprint density at radius 2 is 1.15 bits per heavy atom. The average molecular weight is 795 g/mol. The van der Waals surface area contributed by atoms with Gasteiger partial charge in [0.05, 0.1) is 32.0 Å². The lowest BCUT2D eigenvalue weighted by molar-refractivity contribution is -0.161. The van der Waals surface area contributed by atoms with Gasteiger partial charge in [-0.2, -0.15) is 0 Å². The van der Waals surface area contributed by atoms with Crippen LogP contribution in [0.2, 0.25) is 0 Å². The third-order valence-corrected chi connectivity index (χ3v) is 10.2. The van der Waals surface area contributed by atoms with Crippen molar-refractivity contribution in [3.8, 4) is 0 Å². The van der Waals surface area contributed by atoms with Crippen LogP contribution in [-0.4, -0.2) is 88.1 Å². The second-order valence-corrected chi connectivity index (χ2v) is 16.6. The molecule has 320 valence electrons. The highest BCUT2D eigenvalue weighted by atomic mass is 31.2. The van der Waals surface area contributed by atoms with Crippen LogP contribution in [-0.2, 0) is 32.7 Å². The van der Waals surface area contributed by atoms with E-state index < -0.39 is 64.0 Å². The fraction of sp³-hybridized carbons (Fsp3) is 0.902. The average Bonchev–Trinajstić information content (AvgIpc) is 3.14. The van der Waals surface area contributed by atoms with Gasteiger partial charge < -0.3 is 34.8 Å². The molecule has 5 N–H and O–H groups in total. The molecule has 0 aromatic carbocycles. The van der Waals surface area contributed by atoms with Crippen molar-refractivity contribution in [2.45, 2.75) is 206 Å². The van der Waals surface area contributed by atoms with Gasteiger partial charge in [-0.3, -0.25) is 18.6 Å². The summed E-state index contributed by atoms with van der Waals surface area (Å²) >= 11 is 0. The summed E-state index contributed by atoms with van der Waals surface area (Å²) in [5.41, 5.74) is 0. The van der Waals surface area contributed by atoms with Gasteiger partial charge in [0, 0.05) is 12.8 Å². The lowest BCUT2D eigenvalue weighted by Crippen LogP contribution is -2.29. The molecule has 0 aliphatic heterocycles. The minimum Gasteiger partial charge on any atom is -0.462 e. The number of hydrogen-bond donors (Lipinski definition) is 5. The van der Waals surface area contributed by atoms with Gasteiger partial charge >= 0.3 is 19.8 Å². The Morgan fingerprint density at radius 1 is 0.630 bits per heavy atom.